The van der Waals surface area contributed by atoms with E-state index in [2.05, 4.69) is 9.47 Å². The van der Waals surface area contributed by atoms with Gasteiger partial charge in [0.25, 0.3) is 0 Å². The Balaban J connectivity index is 2.90. The summed E-state index contributed by atoms with van der Waals surface area (Å²) in [6.07, 6.45) is 0. The molecule has 2 aromatic carbocycles. The van der Waals surface area contributed by atoms with Crippen molar-refractivity contribution in [1.82, 2.24) is 0 Å². The molecular formula is C14H8Cl4O4. The van der Waals surface area contributed by atoms with Gasteiger partial charge in [0.2, 0.25) is 0 Å². The van der Waals surface area contributed by atoms with Crippen molar-refractivity contribution in [3.05, 3.63) is 43.4 Å². The lowest BCUT2D eigenvalue weighted by Crippen LogP contribution is -2.06. The number of hydrogen-bond donors (Lipinski definition) is 0. The molecule has 0 amide bonds. The molecule has 0 bridgehead atoms. The highest BCUT2D eigenvalue weighted by atomic mass is 35.5. The molecule has 4 nitrogen and oxygen atoms in total. The number of carbonyl (C=O) groups excluding carboxylic acids is 2. The molecule has 2 aromatic rings. The third-order valence-electron chi connectivity index (χ3n) is 3.01. The summed E-state index contributed by atoms with van der Waals surface area (Å²) in [4.78, 5) is 23.5. The van der Waals surface area contributed by atoms with Crippen molar-refractivity contribution >= 4 is 69.1 Å². The van der Waals surface area contributed by atoms with E-state index in [0.717, 1.165) is 0 Å². The third kappa shape index (κ3) is 2.72. The molecule has 0 fully saturated rings. The predicted molar refractivity (Wildman–Crippen MR) is 86.7 cm³/mol. The van der Waals surface area contributed by atoms with Crippen molar-refractivity contribution < 1.29 is 19.1 Å². The van der Waals surface area contributed by atoms with Gasteiger partial charge in [-0.1, -0.05) is 46.4 Å². The molecule has 0 saturated heterocycles. The topological polar surface area (TPSA) is 52.6 Å². The Morgan fingerprint density at radius 3 is 1.91 bits per heavy atom. The van der Waals surface area contributed by atoms with Crippen LogP contribution >= 0.6 is 46.4 Å². The normalized spacial score (nSPS) is 10.6. The molecule has 0 spiro atoms. The van der Waals surface area contributed by atoms with E-state index in [9.17, 15) is 9.59 Å². The molecule has 0 N–H and O–H groups in total. The fourth-order valence-corrected chi connectivity index (χ4v) is 3.08. The molecule has 0 aliphatic rings. The second-order valence-electron chi connectivity index (χ2n) is 4.18. The standard InChI is InChI=1S/C14H8Cl4O4/c1-21-13(19)7-3-5-6(4-8(7)15)10(16)9(14(20)22-2)12(18)11(5)17/h3-4H,1-2H3. The van der Waals surface area contributed by atoms with Gasteiger partial charge < -0.3 is 9.47 Å². The zero-order valence-electron chi connectivity index (χ0n) is 11.3. The van der Waals surface area contributed by atoms with Crippen LogP contribution in [0.5, 0.6) is 0 Å². The first-order valence-electron chi connectivity index (χ1n) is 5.79. The highest BCUT2D eigenvalue weighted by Gasteiger charge is 2.24. The molecule has 0 aliphatic heterocycles. The Bertz CT molecular complexity index is 802. The van der Waals surface area contributed by atoms with E-state index < -0.39 is 11.9 Å². The third-order valence-corrected chi connectivity index (χ3v) is 4.58. The number of halogens is 4. The minimum Gasteiger partial charge on any atom is -0.465 e. The van der Waals surface area contributed by atoms with Gasteiger partial charge in [0.15, 0.2) is 0 Å². The van der Waals surface area contributed by atoms with Gasteiger partial charge in [0.05, 0.1) is 45.4 Å². The van der Waals surface area contributed by atoms with Gasteiger partial charge in [0.1, 0.15) is 0 Å². The van der Waals surface area contributed by atoms with Gasteiger partial charge in [-0.2, -0.15) is 0 Å². The van der Waals surface area contributed by atoms with E-state index in [4.69, 9.17) is 46.4 Å². The predicted octanol–water partition coefficient (Wildman–Crippen LogP) is 5.03. The molecular weight excluding hydrogens is 374 g/mol. The maximum Gasteiger partial charge on any atom is 0.340 e. The second-order valence-corrected chi connectivity index (χ2v) is 5.72. The zero-order valence-corrected chi connectivity index (χ0v) is 14.3. The molecule has 8 heteroatoms. The average molecular weight is 382 g/mol. The van der Waals surface area contributed by atoms with Crippen LogP contribution in [0.3, 0.4) is 0 Å². The summed E-state index contributed by atoms with van der Waals surface area (Å²) in [5, 5.41) is 0.876. The second kappa shape index (κ2) is 6.50. The smallest absolute Gasteiger partial charge is 0.340 e. The summed E-state index contributed by atoms with van der Waals surface area (Å²) < 4.78 is 9.28. The van der Waals surface area contributed by atoms with Crippen molar-refractivity contribution in [3.63, 3.8) is 0 Å². The molecule has 0 aliphatic carbocycles. The number of hydrogen-bond acceptors (Lipinski definition) is 4. The molecule has 0 heterocycles. The van der Waals surface area contributed by atoms with E-state index in [-0.39, 0.29) is 31.2 Å². The maximum absolute atomic E-state index is 11.8. The largest absolute Gasteiger partial charge is 0.465 e. The van der Waals surface area contributed by atoms with Crippen molar-refractivity contribution in [2.45, 2.75) is 0 Å². The monoisotopic (exact) mass is 380 g/mol. The van der Waals surface area contributed by atoms with E-state index in [1.165, 1.54) is 26.4 Å². The zero-order chi connectivity index (χ0) is 16.6. The summed E-state index contributed by atoms with van der Waals surface area (Å²) in [5.41, 5.74) is 0.0433. The van der Waals surface area contributed by atoms with E-state index in [1.54, 1.807) is 0 Å². The summed E-state index contributed by atoms with van der Waals surface area (Å²) in [6, 6.07) is 2.82. The highest BCUT2D eigenvalue weighted by molar-refractivity contribution is 6.51. The van der Waals surface area contributed by atoms with E-state index in [0.29, 0.717) is 10.8 Å². The van der Waals surface area contributed by atoms with Gasteiger partial charge in [-0.3, -0.25) is 0 Å². The number of fused-ring (bicyclic) bond motifs is 1. The Morgan fingerprint density at radius 1 is 0.818 bits per heavy atom. The fourth-order valence-electron chi connectivity index (χ4n) is 1.94. The van der Waals surface area contributed by atoms with Crippen molar-refractivity contribution in [1.29, 1.82) is 0 Å². The fraction of sp³-hybridized carbons (Fsp3) is 0.143. The first kappa shape index (κ1) is 17.2. The van der Waals surface area contributed by atoms with Gasteiger partial charge in [-0.25, -0.2) is 9.59 Å². The number of carbonyl (C=O) groups is 2. The summed E-state index contributed by atoms with van der Waals surface area (Å²) in [5.74, 6) is -1.36. The van der Waals surface area contributed by atoms with E-state index >= 15 is 0 Å². The molecule has 2 rings (SSSR count). The Labute approximate surface area is 145 Å². The van der Waals surface area contributed by atoms with Crippen LogP contribution in [-0.4, -0.2) is 26.2 Å². The van der Waals surface area contributed by atoms with Crippen LogP contribution in [0, 0.1) is 0 Å². The molecule has 116 valence electrons. The number of methoxy groups -OCH3 is 2. The molecule has 0 unspecified atom stereocenters. The van der Waals surface area contributed by atoms with Crippen LogP contribution in [0.1, 0.15) is 20.7 Å². The van der Waals surface area contributed by atoms with Gasteiger partial charge in [-0.15, -0.1) is 0 Å². The van der Waals surface area contributed by atoms with Crippen LogP contribution in [0.15, 0.2) is 12.1 Å². The molecule has 22 heavy (non-hydrogen) atoms. The SMILES string of the molecule is COC(=O)c1cc2c(Cl)c(Cl)c(C(=O)OC)c(Cl)c2cc1Cl. The number of rotatable bonds is 2. The van der Waals surface area contributed by atoms with Crippen LogP contribution in [0.2, 0.25) is 20.1 Å². The van der Waals surface area contributed by atoms with Crippen molar-refractivity contribution in [2.75, 3.05) is 14.2 Å². The summed E-state index contributed by atoms with van der Waals surface area (Å²) in [7, 11) is 2.42. The molecule has 0 saturated carbocycles. The maximum atomic E-state index is 11.8. The lowest BCUT2D eigenvalue weighted by Gasteiger charge is -2.13. The molecule has 0 atom stereocenters. The van der Waals surface area contributed by atoms with Gasteiger partial charge in [0, 0.05) is 10.8 Å². The van der Waals surface area contributed by atoms with Crippen molar-refractivity contribution in [2.24, 2.45) is 0 Å². The van der Waals surface area contributed by atoms with Gasteiger partial charge >= 0.3 is 11.9 Å². The van der Waals surface area contributed by atoms with Crippen LogP contribution in [-0.2, 0) is 9.47 Å². The Morgan fingerprint density at radius 2 is 1.36 bits per heavy atom. The minimum atomic E-state index is -0.730. The van der Waals surface area contributed by atoms with Crippen molar-refractivity contribution in [3.8, 4) is 0 Å². The quantitative estimate of drug-likeness (QED) is 0.540. The summed E-state index contributed by atoms with van der Waals surface area (Å²) in [6.45, 7) is 0. The first-order valence-corrected chi connectivity index (χ1v) is 7.31. The Kier molecular flexibility index (Phi) is 5.07. The average Bonchev–Trinajstić information content (AvgIpc) is 2.51. The number of ether oxygens (including phenoxy) is 2. The molecule has 0 radical (unpaired) electrons. The highest BCUT2D eigenvalue weighted by Crippen LogP contribution is 2.42. The summed E-state index contributed by atoms with van der Waals surface area (Å²) >= 11 is 24.5. The molecule has 0 aromatic heterocycles. The van der Waals surface area contributed by atoms with Crippen LogP contribution in [0.25, 0.3) is 10.8 Å². The van der Waals surface area contributed by atoms with Crippen LogP contribution < -0.4 is 0 Å². The van der Waals surface area contributed by atoms with Crippen LogP contribution in [0.4, 0.5) is 0 Å². The minimum absolute atomic E-state index is 0.0366. The van der Waals surface area contributed by atoms with E-state index in [1.807, 2.05) is 0 Å². The number of esters is 2. The lowest BCUT2D eigenvalue weighted by atomic mass is 10.0. The first-order chi connectivity index (χ1) is 10.3. The van der Waals surface area contributed by atoms with Gasteiger partial charge in [-0.05, 0) is 12.1 Å². The Hall–Kier alpha value is -1.20. The number of benzene rings is 2. The lowest BCUT2D eigenvalue weighted by molar-refractivity contribution is 0.0592.